The van der Waals surface area contributed by atoms with E-state index in [1.807, 2.05) is 54.6 Å². The summed E-state index contributed by atoms with van der Waals surface area (Å²) < 4.78 is 5.32. The number of nitrogens with one attached hydrogen (secondary N) is 1. The summed E-state index contributed by atoms with van der Waals surface area (Å²) in [4.78, 5) is 29.3. The fourth-order valence-corrected chi connectivity index (χ4v) is 5.25. The van der Waals surface area contributed by atoms with Crippen molar-refractivity contribution in [2.75, 3.05) is 18.5 Å². The van der Waals surface area contributed by atoms with E-state index >= 15 is 0 Å². The van der Waals surface area contributed by atoms with Crippen LogP contribution in [-0.2, 0) is 17.7 Å². The molecule has 0 saturated carbocycles. The Morgan fingerprint density at radius 3 is 2.41 bits per heavy atom. The molecule has 0 spiro atoms. The summed E-state index contributed by atoms with van der Waals surface area (Å²) in [5, 5.41) is 3.57. The highest BCUT2D eigenvalue weighted by atomic mass is 32.1. The molecular weight excluding hydrogens is 420 g/mol. The van der Waals surface area contributed by atoms with Crippen molar-refractivity contribution >= 4 is 28.2 Å². The van der Waals surface area contributed by atoms with Gasteiger partial charge in [0.15, 0.2) is 0 Å². The van der Waals surface area contributed by atoms with E-state index in [-0.39, 0.29) is 11.9 Å². The van der Waals surface area contributed by atoms with Gasteiger partial charge in [-0.05, 0) is 56.0 Å². The monoisotopic (exact) mass is 448 g/mol. The lowest BCUT2D eigenvalue weighted by molar-refractivity contribution is 0.0526. The van der Waals surface area contributed by atoms with E-state index in [1.54, 1.807) is 6.92 Å². The zero-order chi connectivity index (χ0) is 22.7. The zero-order valence-electron chi connectivity index (χ0n) is 18.7. The van der Waals surface area contributed by atoms with Crippen LogP contribution in [0.5, 0.6) is 0 Å². The molecule has 0 atom stereocenters. The van der Waals surface area contributed by atoms with Crippen LogP contribution in [0.25, 0.3) is 11.1 Å². The van der Waals surface area contributed by atoms with E-state index in [0.717, 1.165) is 41.1 Å². The maximum absolute atomic E-state index is 13.0. The Balaban J connectivity index is 1.59. The Morgan fingerprint density at radius 1 is 1.06 bits per heavy atom. The molecule has 3 aromatic rings. The lowest BCUT2D eigenvalue weighted by Gasteiger charge is -2.30. The number of thiophene rings is 1. The minimum absolute atomic E-state index is 0.227. The highest BCUT2D eigenvalue weighted by molar-refractivity contribution is 7.17. The fourth-order valence-electron chi connectivity index (χ4n) is 3.99. The molecule has 4 rings (SSSR count). The van der Waals surface area contributed by atoms with Crippen LogP contribution >= 0.6 is 11.3 Å². The second kappa shape index (κ2) is 9.67. The average molecular weight is 449 g/mol. The first-order valence-electron chi connectivity index (χ1n) is 11.0. The van der Waals surface area contributed by atoms with Crippen LogP contribution in [-0.4, -0.2) is 36.0 Å². The van der Waals surface area contributed by atoms with Gasteiger partial charge >= 0.3 is 5.97 Å². The summed E-state index contributed by atoms with van der Waals surface area (Å²) in [6.45, 7) is 8.12. The number of anilines is 1. The minimum Gasteiger partial charge on any atom is -0.462 e. The molecule has 0 unspecified atom stereocenters. The Morgan fingerprint density at radius 2 is 1.75 bits per heavy atom. The van der Waals surface area contributed by atoms with Crippen molar-refractivity contribution < 1.29 is 14.3 Å². The van der Waals surface area contributed by atoms with Crippen molar-refractivity contribution in [3.8, 4) is 11.1 Å². The number of amides is 1. The normalized spacial score (nSPS) is 13.6. The minimum atomic E-state index is -0.363. The van der Waals surface area contributed by atoms with Gasteiger partial charge in [0.25, 0.3) is 5.91 Å². The molecule has 1 aliphatic rings. The van der Waals surface area contributed by atoms with Gasteiger partial charge in [-0.3, -0.25) is 9.69 Å². The summed E-state index contributed by atoms with van der Waals surface area (Å²) in [5.41, 5.74) is 4.23. The lowest BCUT2D eigenvalue weighted by atomic mass is 10.0. The standard InChI is InChI=1S/C26H28N2O3S/c1-4-31-26(30)23-21-14-15-28(17(2)3)16-22(21)32-25(23)27-24(29)20-12-10-19(11-13-20)18-8-6-5-7-9-18/h5-13,17H,4,14-16H2,1-3H3,(H,27,29). The molecule has 0 aliphatic carbocycles. The number of hydrogen-bond acceptors (Lipinski definition) is 5. The number of rotatable bonds is 6. The molecule has 32 heavy (non-hydrogen) atoms. The third-order valence-electron chi connectivity index (χ3n) is 5.78. The molecule has 166 valence electrons. The number of benzene rings is 2. The topological polar surface area (TPSA) is 58.6 Å². The van der Waals surface area contributed by atoms with Crippen LogP contribution in [0, 0.1) is 0 Å². The molecule has 0 saturated heterocycles. The van der Waals surface area contributed by atoms with Crippen molar-refractivity contribution in [1.29, 1.82) is 0 Å². The van der Waals surface area contributed by atoms with Gasteiger partial charge in [0.1, 0.15) is 5.00 Å². The molecule has 1 aliphatic heterocycles. The van der Waals surface area contributed by atoms with Gasteiger partial charge in [0.2, 0.25) is 0 Å². The number of nitrogens with zero attached hydrogens (tertiary/aromatic N) is 1. The van der Waals surface area contributed by atoms with Crippen molar-refractivity contribution in [3.63, 3.8) is 0 Å². The van der Waals surface area contributed by atoms with Crippen LogP contribution in [0.2, 0.25) is 0 Å². The Bertz CT molecular complexity index is 1100. The van der Waals surface area contributed by atoms with E-state index in [9.17, 15) is 9.59 Å². The summed E-state index contributed by atoms with van der Waals surface area (Å²) in [6, 6.07) is 18.0. The predicted molar refractivity (Wildman–Crippen MR) is 129 cm³/mol. The van der Waals surface area contributed by atoms with E-state index in [4.69, 9.17) is 4.74 Å². The molecule has 2 heterocycles. The largest absolute Gasteiger partial charge is 0.462 e. The van der Waals surface area contributed by atoms with E-state index in [2.05, 4.69) is 24.1 Å². The van der Waals surface area contributed by atoms with Gasteiger partial charge in [0.05, 0.1) is 12.2 Å². The molecule has 5 nitrogen and oxygen atoms in total. The van der Waals surface area contributed by atoms with E-state index in [1.165, 1.54) is 11.3 Å². The molecule has 0 bridgehead atoms. The fraction of sp³-hybridized carbons (Fsp3) is 0.308. The molecular formula is C26H28N2O3S. The number of esters is 1. The van der Waals surface area contributed by atoms with Crippen molar-refractivity contribution in [2.24, 2.45) is 0 Å². The average Bonchev–Trinajstić information content (AvgIpc) is 3.17. The summed E-state index contributed by atoms with van der Waals surface area (Å²) >= 11 is 1.49. The zero-order valence-corrected chi connectivity index (χ0v) is 19.5. The maximum Gasteiger partial charge on any atom is 0.341 e. The third-order valence-corrected chi connectivity index (χ3v) is 6.91. The van der Waals surface area contributed by atoms with Gasteiger partial charge in [-0.25, -0.2) is 4.79 Å². The number of carbonyl (C=O) groups is 2. The number of hydrogen-bond donors (Lipinski definition) is 1. The van der Waals surface area contributed by atoms with Crippen molar-refractivity contribution in [3.05, 3.63) is 76.2 Å². The van der Waals surface area contributed by atoms with Crippen LogP contribution in [0.15, 0.2) is 54.6 Å². The first kappa shape index (κ1) is 22.2. The molecule has 6 heteroatoms. The molecule has 0 radical (unpaired) electrons. The molecule has 1 N–H and O–H groups in total. The van der Waals surface area contributed by atoms with Gasteiger partial charge in [-0.2, -0.15) is 0 Å². The number of ether oxygens (including phenoxy) is 1. The highest BCUT2D eigenvalue weighted by Gasteiger charge is 2.30. The van der Waals surface area contributed by atoms with Crippen molar-refractivity contribution in [2.45, 2.75) is 39.8 Å². The maximum atomic E-state index is 13.0. The van der Waals surface area contributed by atoms with Gasteiger partial charge in [-0.1, -0.05) is 42.5 Å². The van der Waals surface area contributed by atoms with Crippen LogP contribution < -0.4 is 5.32 Å². The summed E-state index contributed by atoms with van der Waals surface area (Å²) in [5.74, 6) is -0.591. The molecule has 1 aromatic heterocycles. The van der Waals surface area contributed by atoms with E-state index < -0.39 is 0 Å². The number of fused-ring (bicyclic) bond motifs is 1. The second-order valence-corrected chi connectivity index (χ2v) is 9.25. The van der Waals surface area contributed by atoms with Crippen LogP contribution in [0.3, 0.4) is 0 Å². The Kier molecular flexibility index (Phi) is 6.72. The van der Waals surface area contributed by atoms with Gasteiger partial charge in [-0.15, -0.1) is 11.3 Å². The van der Waals surface area contributed by atoms with Crippen molar-refractivity contribution in [1.82, 2.24) is 4.90 Å². The van der Waals surface area contributed by atoms with E-state index in [0.29, 0.717) is 28.8 Å². The molecule has 1 amide bonds. The first-order chi connectivity index (χ1) is 15.5. The summed E-state index contributed by atoms with van der Waals surface area (Å²) in [6.07, 6.45) is 0.778. The predicted octanol–water partition coefficient (Wildman–Crippen LogP) is 5.61. The second-order valence-electron chi connectivity index (χ2n) is 8.14. The lowest BCUT2D eigenvalue weighted by Crippen LogP contribution is -2.35. The van der Waals surface area contributed by atoms with Gasteiger partial charge < -0.3 is 10.1 Å². The Hall–Kier alpha value is -2.96. The SMILES string of the molecule is CCOC(=O)c1c(NC(=O)c2ccc(-c3ccccc3)cc2)sc2c1CCN(C(C)C)C2. The number of carbonyl (C=O) groups excluding carboxylic acids is 2. The smallest absolute Gasteiger partial charge is 0.341 e. The molecule has 0 fully saturated rings. The summed E-state index contributed by atoms with van der Waals surface area (Å²) in [7, 11) is 0. The third kappa shape index (κ3) is 4.61. The Labute approximate surface area is 193 Å². The highest BCUT2D eigenvalue weighted by Crippen LogP contribution is 2.38. The first-order valence-corrected chi connectivity index (χ1v) is 11.8. The van der Waals surface area contributed by atoms with Crippen LogP contribution in [0.4, 0.5) is 5.00 Å². The quantitative estimate of drug-likeness (QED) is 0.498. The van der Waals surface area contributed by atoms with Crippen LogP contribution in [0.1, 0.15) is 51.9 Å². The molecule has 2 aromatic carbocycles. The van der Waals surface area contributed by atoms with Gasteiger partial charge in [0, 0.05) is 29.6 Å².